The minimum atomic E-state index is 0.338. The molecule has 0 fully saturated rings. The van der Waals surface area contributed by atoms with Gasteiger partial charge in [-0.3, -0.25) is 0 Å². The fourth-order valence-corrected chi connectivity index (χ4v) is 1.16. The first-order chi connectivity index (χ1) is 7.18. The van der Waals surface area contributed by atoms with Gasteiger partial charge in [0.25, 0.3) is 0 Å². The standard InChI is InChI=1S/C7H8O.C7H8/c1-6-3-2-4-7(8)5-6;1-7-5-3-2-4-6-7/h2-5,8H,1H3;2-6H,1H3. The van der Waals surface area contributed by atoms with Crippen molar-refractivity contribution in [3.8, 4) is 5.75 Å². The van der Waals surface area contributed by atoms with Gasteiger partial charge in [-0.15, -0.1) is 0 Å². The van der Waals surface area contributed by atoms with Gasteiger partial charge in [-0.2, -0.15) is 0 Å². The lowest BCUT2D eigenvalue weighted by Gasteiger charge is -1.89. The van der Waals surface area contributed by atoms with Gasteiger partial charge in [0.1, 0.15) is 5.75 Å². The lowest BCUT2D eigenvalue weighted by Crippen LogP contribution is -1.66. The van der Waals surface area contributed by atoms with E-state index in [1.807, 2.05) is 37.3 Å². The van der Waals surface area contributed by atoms with Gasteiger partial charge in [-0.25, -0.2) is 0 Å². The minimum Gasteiger partial charge on any atom is -0.508 e. The van der Waals surface area contributed by atoms with E-state index in [1.165, 1.54) is 5.56 Å². The number of aromatic hydroxyl groups is 1. The number of rotatable bonds is 0. The van der Waals surface area contributed by atoms with Crippen molar-refractivity contribution >= 4 is 0 Å². The molecule has 0 aliphatic heterocycles. The Morgan fingerprint density at radius 2 is 1.33 bits per heavy atom. The van der Waals surface area contributed by atoms with Gasteiger partial charge in [0.2, 0.25) is 0 Å². The van der Waals surface area contributed by atoms with E-state index in [-0.39, 0.29) is 0 Å². The summed E-state index contributed by atoms with van der Waals surface area (Å²) in [6.07, 6.45) is 0. The Morgan fingerprint density at radius 3 is 1.67 bits per heavy atom. The summed E-state index contributed by atoms with van der Waals surface area (Å²) < 4.78 is 0. The number of phenols is 1. The highest BCUT2D eigenvalue weighted by Crippen LogP contribution is 2.08. The van der Waals surface area contributed by atoms with Gasteiger partial charge in [0, 0.05) is 0 Å². The molecule has 0 aromatic heterocycles. The molecule has 1 nitrogen and oxygen atoms in total. The summed E-state index contributed by atoms with van der Waals surface area (Å²) in [7, 11) is 0. The zero-order valence-electron chi connectivity index (χ0n) is 9.14. The fourth-order valence-electron chi connectivity index (χ4n) is 1.16. The van der Waals surface area contributed by atoms with Crippen LogP contribution in [0.2, 0.25) is 0 Å². The van der Waals surface area contributed by atoms with Crippen LogP contribution in [-0.2, 0) is 0 Å². The predicted molar refractivity (Wildman–Crippen MR) is 64.0 cm³/mol. The summed E-state index contributed by atoms with van der Waals surface area (Å²) in [4.78, 5) is 0. The van der Waals surface area contributed by atoms with Crippen molar-refractivity contribution in [2.45, 2.75) is 13.8 Å². The summed E-state index contributed by atoms with van der Waals surface area (Å²) in [6.45, 7) is 4.03. The molecule has 0 bridgehead atoms. The molecule has 2 aromatic rings. The molecule has 0 aliphatic rings. The molecule has 0 atom stereocenters. The van der Waals surface area contributed by atoms with Crippen molar-refractivity contribution in [2.75, 3.05) is 0 Å². The minimum absolute atomic E-state index is 0.338. The van der Waals surface area contributed by atoms with Crippen LogP contribution >= 0.6 is 0 Å². The van der Waals surface area contributed by atoms with Crippen molar-refractivity contribution in [2.24, 2.45) is 0 Å². The van der Waals surface area contributed by atoms with Crippen LogP contribution in [0, 0.1) is 13.8 Å². The molecule has 0 saturated carbocycles. The highest BCUT2D eigenvalue weighted by atomic mass is 16.3. The Balaban J connectivity index is 0.000000151. The van der Waals surface area contributed by atoms with Crippen molar-refractivity contribution in [3.63, 3.8) is 0 Å². The quantitative estimate of drug-likeness (QED) is 0.687. The molecule has 0 radical (unpaired) electrons. The van der Waals surface area contributed by atoms with Gasteiger partial charge in [0.05, 0.1) is 0 Å². The van der Waals surface area contributed by atoms with Crippen LogP contribution in [0.15, 0.2) is 54.6 Å². The molecule has 2 aromatic carbocycles. The molecule has 0 aliphatic carbocycles. The highest BCUT2D eigenvalue weighted by Gasteiger charge is 1.83. The third-order valence-electron chi connectivity index (χ3n) is 1.94. The number of phenolic OH excluding ortho intramolecular Hbond substituents is 1. The van der Waals surface area contributed by atoms with Crippen LogP contribution in [0.25, 0.3) is 0 Å². The molecule has 0 heterocycles. The first-order valence-electron chi connectivity index (χ1n) is 4.96. The first kappa shape index (κ1) is 11.3. The SMILES string of the molecule is Cc1cccc(O)c1.Cc1ccccc1. The molecule has 0 unspecified atom stereocenters. The summed E-state index contributed by atoms with van der Waals surface area (Å²) in [5.74, 6) is 0.338. The summed E-state index contributed by atoms with van der Waals surface area (Å²) in [5.41, 5.74) is 2.41. The van der Waals surface area contributed by atoms with E-state index in [1.54, 1.807) is 12.1 Å². The second-order valence-corrected chi connectivity index (χ2v) is 3.49. The predicted octanol–water partition coefficient (Wildman–Crippen LogP) is 3.70. The Kier molecular flexibility index (Phi) is 4.42. The average molecular weight is 200 g/mol. The van der Waals surface area contributed by atoms with E-state index in [9.17, 15) is 0 Å². The number of hydrogen-bond acceptors (Lipinski definition) is 1. The van der Waals surface area contributed by atoms with Crippen LogP contribution in [0.3, 0.4) is 0 Å². The second kappa shape index (κ2) is 5.86. The second-order valence-electron chi connectivity index (χ2n) is 3.49. The highest BCUT2D eigenvalue weighted by molar-refractivity contribution is 5.25. The van der Waals surface area contributed by atoms with Gasteiger partial charge in [-0.05, 0) is 31.5 Å². The van der Waals surface area contributed by atoms with Crippen LogP contribution in [0.1, 0.15) is 11.1 Å². The Hall–Kier alpha value is -1.76. The maximum Gasteiger partial charge on any atom is 0.115 e. The Morgan fingerprint density at radius 1 is 0.733 bits per heavy atom. The maximum atomic E-state index is 8.81. The van der Waals surface area contributed by atoms with Crippen molar-refractivity contribution in [3.05, 3.63) is 65.7 Å². The Bertz CT molecular complexity index is 376. The van der Waals surface area contributed by atoms with Gasteiger partial charge in [-0.1, -0.05) is 48.0 Å². The molecule has 78 valence electrons. The van der Waals surface area contributed by atoms with E-state index in [4.69, 9.17) is 5.11 Å². The molecule has 0 saturated heterocycles. The van der Waals surface area contributed by atoms with Crippen molar-refractivity contribution < 1.29 is 5.11 Å². The molecular formula is C14H16O. The van der Waals surface area contributed by atoms with Crippen LogP contribution < -0.4 is 0 Å². The molecule has 0 amide bonds. The van der Waals surface area contributed by atoms with E-state index < -0.39 is 0 Å². The van der Waals surface area contributed by atoms with Crippen molar-refractivity contribution in [1.82, 2.24) is 0 Å². The molecule has 1 heteroatoms. The van der Waals surface area contributed by atoms with Crippen molar-refractivity contribution in [1.29, 1.82) is 0 Å². The maximum absolute atomic E-state index is 8.81. The van der Waals surface area contributed by atoms with Gasteiger partial charge < -0.3 is 5.11 Å². The third-order valence-corrected chi connectivity index (χ3v) is 1.94. The molecular weight excluding hydrogens is 184 g/mol. The normalized spacial score (nSPS) is 8.93. The average Bonchev–Trinajstić information content (AvgIpc) is 2.19. The van der Waals surface area contributed by atoms with Gasteiger partial charge >= 0.3 is 0 Å². The fraction of sp³-hybridized carbons (Fsp3) is 0.143. The number of aryl methyl sites for hydroxylation is 2. The van der Waals surface area contributed by atoms with Crippen LogP contribution in [-0.4, -0.2) is 5.11 Å². The zero-order chi connectivity index (χ0) is 11.1. The summed E-state index contributed by atoms with van der Waals surface area (Å²) in [5, 5.41) is 8.81. The smallest absolute Gasteiger partial charge is 0.115 e. The lowest BCUT2D eigenvalue weighted by molar-refractivity contribution is 0.475. The van der Waals surface area contributed by atoms with E-state index in [0.29, 0.717) is 5.75 Å². The largest absolute Gasteiger partial charge is 0.508 e. The number of benzene rings is 2. The van der Waals surface area contributed by atoms with Crippen LogP contribution in [0.4, 0.5) is 0 Å². The lowest BCUT2D eigenvalue weighted by atomic mass is 10.2. The zero-order valence-corrected chi connectivity index (χ0v) is 9.14. The third kappa shape index (κ3) is 4.87. The number of hydrogen-bond donors (Lipinski definition) is 1. The van der Waals surface area contributed by atoms with Gasteiger partial charge in [0.15, 0.2) is 0 Å². The molecule has 15 heavy (non-hydrogen) atoms. The van der Waals surface area contributed by atoms with E-state index >= 15 is 0 Å². The summed E-state index contributed by atoms with van der Waals surface area (Å²) in [6, 6.07) is 17.4. The van der Waals surface area contributed by atoms with Crippen LogP contribution in [0.5, 0.6) is 5.75 Å². The first-order valence-corrected chi connectivity index (χ1v) is 4.96. The molecule has 1 N–H and O–H groups in total. The topological polar surface area (TPSA) is 20.2 Å². The summed E-state index contributed by atoms with van der Waals surface area (Å²) >= 11 is 0. The molecule has 2 rings (SSSR count). The van der Waals surface area contributed by atoms with E-state index in [2.05, 4.69) is 19.1 Å². The monoisotopic (exact) mass is 200 g/mol. The van der Waals surface area contributed by atoms with E-state index in [0.717, 1.165) is 5.56 Å². The molecule has 0 spiro atoms. The Labute approximate surface area is 91.0 Å².